The molecule has 1 aromatic heterocycles. The quantitative estimate of drug-likeness (QED) is 0.928. The Kier molecular flexibility index (Phi) is 5.18. The van der Waals surface area contributed by atoms with Crippen molar-refractivity contribution in [1.82, 2.24) is 25.0 Å². The van der Waals surface area contributed by atoms with Crippen LogP contribution in [0.3, 0.4) is 0 Å². The highest BCUT2D eigenvalue weighted by Crippen LogP contribution is 2.22. The maximum Gasteiger partial charge on any atom is 0.317 e. The summed E-state index contributed by atoms with van der Waals surface area (Å²) in [7, 11) is 0. The van der Waals surface area contributed by atoms with Gasteiger partial charge in [0.15, 0.2) is 0 Å². The minimum absolute atomic E-state index is 0.131. The van der Waals surface area contributed by atoms with E-state index in [1.54, 1.807) is 0 Å². The Bertz CT molecular complexity index is 521. The monoisotopic (exact) mass is 319 g/mol. The fraction of sp³-hybridized carbons (Fsp3) is 0.824. The first kappa shape index (κ1) is 16.3. The molecule has 1 aromatic rings. The smallest absolute Gasteiger partial charge is 0.317 e. The van der Waals surface area contributed by atoms with Gasteiger partial charge in [0.1, 0.15) is 12.2 Å². The van der Waals surface area contributed by atoms with Crippen molar-refractivity contribution in [2.24, 2.45) is 5.92 Å². The van der Waals surface area contributed by atoms with Crippen molar-refractivity contribution < 1.29 is 4.79 Å². The van der Waals surface area contributed by atoms with Gasteiger partial charge in [-0.05, 0) is 45.4 Å². The second-order valence-corrected chi connectivity index (χ2v) is 7.34. The number of nitrogens with one attached hydrogen (secondary N) is 1. The van der Waals surface area contributed by atoms with Crippen molar-refractivity contribution >= 4 is 6.03 Å². The van der Waals surface area contributed by atoms with Crippen LogP contribution in [0.15, 0.2) is 6.33 Å². The number of amides is 2. The molecular formula is C17H29N5O. The summed E-state index contributed by atoms with van der Waals surface area (Å²) in [5.74, 6) is 1.53. The average Bonchev–Trinajstić information content (AvgIpc) is 3.19. The third-order valence-corrected chi connectivity index (χ3v) is 5.16. The first-order chi connectivity index (χ1) is 11.1. The van der Waals surface area contributed by atoms with Crippen molar-refractivity contribution in [2.75, 3.05) is 13.1 Å². The molecule has 2 heterocycles. The molecule has 6 heteroatoms. The van der Waals surface area contributed by atoms with Crippen molar-refractivity contribution in [3.63, 3.8) is 0 Å². The molecule has 2 fully saturated rings. The first-order valence-corrected chi connectivity index (χ1v) is 9.07. The van der Waals surface area contributed by atoms with E-state index in [1.165, 1.54) is 12.8 Å². The summed E-state index contributed by atoms with van der Waals surface area (Å²) in [5.41, 5.74) is 0. The molecule has 0 spiro atoms. The number of aromatic nitrogens is 3. The van der Waals surface area contributed by atoms with Crippen molar-refractivity contribution in [2.45, 2.75) is 70.9 Å². The summed E-state index contributed by atoms with van der Waals surface area (Å²) in [6, 6.07) is 0.907. The van der Waals surface area contributed by atoms with Crippen LogP contribution < -0.4 is 5.32 Å². The van der Waals surface area contributed by atoms with Crippen LogP contribution in [0, 0.1) is 5.92 Å². The van der Waals surface area contributed by atoms with Gasteiger partial charge in [0.25, 0.3) is 0 Å². The van der Waals surface area contributed by atoms with Crippen LogP contribution in [0.5, 0.6) is 0 Å². The highest BCUT2D eigenvalue weighted by atomic mass is 16.2. The Hall–Kier alpha value is -1.59. The first-order valence-electron chi connectivity index (χ1n) is 9.07. The molecule has 2 aliphatic rings. The highest BCUT2D eigenvalue weighted by molar-refractivity contribution is 5.74. The number of hydrogen-bond acceptors (Lipinski definition) is 3. The van der Waals surface area contributed by atoms with Gasteiger partial charge in [-0.1, -0.05) is 12.8 Å². The summed E-state index contributed by atoms with van der Waals surface area (Å²) in [4.78, 5) is 14.5. The minimum Gasteiger partial charge on any atom is -0.335 e. The molecule has 0 bridgehead atoms. The zero-order chi connectivity index (χ0) is 16.2. The summed E-state index contributed by atoms with van der Waals surface area (Å²) < 4.78 is 2.14. The molecule has 1 atom stereocenters. The summed E-state index contributed by atoms with van der Waals surface area (Å²) in [6.07, 6.45) is 9.74. The lowest BCUT2D eigenvalue weighted by Crippen LogP contribution is -2.48. The summed E-state index contributed by atoms with van der Waals surface area (Å²) >= 11 is 0. The Morgan fingerprint density at radius 1 is 1.30 bits per heavy atom. The Labute approximate surface area is 138 Å². The summed E-state index contributed by atoms with van der Waals surface area (Å²) in [6.45, 7) is 6.01. The van der Waals surface area contributed by atoms with Gasteiger partial charge in [0, 0.05) is 31.6 Å². The van der Waals surface area contributed by atoms with Crippen LogP contribution >= 0.6 is 0 Å². The Balaban J connectivity index is 1.55. The van der Waals surface area contributed by atoms with Gasteiger partial charge >= 0.3 is 6.03 Å². The molecule has 128 valence electrons. The van der Waals surface area contributed by atoms with E-state index in [4.69, 9.17) is 0 Å². The number of urea groups is 1. The number of carbonyl (C=O) groups excluding carboxylic acids is 1. The van der Waals surface area contributed by atoms with Crippen LogP contribution in [-0.2, 0) is 6.42 Å². The third kappa shape index (κ3) is 4.03. The Morgan fingerprint density at radius 2 is 2.09 bits per heavy atom. The molecule has 3 rings (SSSR count). The van der Waals surface area contributed by atoms with E-state index in [-0.39, 0.29) is 6.03 Å². The van der Waals surface area contributed by atoms with E-state index in [0.29, 0.717) is 18.0 Å². The van der Waals surface area contributed by atoms with E-state index in [2.05, 4.69) is 33.9 Å². The predicted octanol–water partition coefficient (Wildman–Crippen LogP) is 2.77. The van der Waals surface area contributed by atoms with Gasteiger partial charge in [0.2, 0.25) is 0 Å². The van der Waals surface area contributed by atoms with Gasteiger partial charge in [-0.15, -0.1) is 10.2 Å². The maximum atomic E-state index is 12.5. The number of hydrogen-bond donors (Lipinski definition) is 1. The lowest BCUT2D eigenvalue weighted by atomic mass is 9.94. The van der Waals surface area contributed by atoms with E-state index < -0.39 is 0 Å². The number of rotatable bonds is 4. The van der Waals surface area contributed by atoms with Gasteiger partial charge in [-0.2, -0.15) is 0 Å². The van der Waals surface area contributed by atoms with E-state index in [0.717, 1.165) is 51.0 Å². The van der Waals surface area contributed by atoms with Crippen LogP contribution in [0.4, 0.5) is 4.79 Å². The molecule has 1 aliphatic heterocycles. The summed E-state index contributed by atoms with van der Waals surface area (Å²) in [5, 5.41) is 11.5. The number of carbonyl (C=O) groups is 1. The van der Waals surface area contributed by atoms with Crippen LogP contribution in [0.25, 0.3) is 0 Å². The normalized spacial score (nSPS) is 22.7. The van der Waals surface area contributed by atoms with E-state index in [1.807, 2.05) is 11.2 Å². The van der Waals surface area contributed by atoms with E-state index in [9.17, 15) is 4.79 Å². The number of likely N-dealkylation sites (tertiary alicyclic amines) is 1. The molecule has 2 amide bonds. The topological polar surface area (TPSA) is 63.1 Å². The van der Waals surface area contributed by atoms with Crippen molar-refractivity contribution in [1.29, 1.82) is 0 Å². The average molecular weight is 319 g/mol. The standard InChI is InChI=1S/C17H29N5O/c1-13(2)22-12-18-20-16(22)10-14-6-5-9-21(11-14)17(23)19-15-7-3-4-8-15/h12-15H,3-11H2,1-2H3,(H,19,23). The molecule has 6 nitrogen and oxygen atoms in total. The second-order valence-electron chi connectivity index (χ2n) is 7.34. The number of piperidine rings is 1. The van der Waals surface area contributed by atoms with Crippen LogP contribution in [0.2, 0.25) is 0 Å². The van der Waals surface area contributed by atoms with E-state index >= 15 is 0 Å². The van der Waals surface area contributed by atoms with Gasteiger partial charge in [-0.3, -0.25) is 0 Å². The molecule has 23 heavy (non-hydrogen) atoms. The maximum absolute atomic E-state index is 12.5. The molecule has 1 unspecified atom stereocenters. The van der Waals surface area contributed by atoms with Crippen molar-refractivity contribution in [3.8, 4) is 0 Å². The molecule has 0 radical (unpaired) electrons. The third-order valence-electron chi connectivity index (χ3n) is 5.16. The van der Waals surface area contributed by atoms with Crippen LogP contribution in [-0.4, -0.2) is 44.8 Å². The zero-order valence-corrected chi connectivity index (χ0v) is 14.4. The predicted molar refractivity (Wildman–Crippen MR) is 89.2 cm³/mol. The second kappa shape index (κ2) is 7.32. The molecular weight excluding hydrogens is 290 g/mol. The SMILES string of the molecule is CC(C)n1cnnc1CC1CCCN(C(=O)NC2CCCC2)C1. The molecule has 1 N–H and O–H groups in total. The fourth-order valence-electron chi connectivity index (χ4n) is 3.85. The lowest BCUT2D eigenvalue weighted by molar-refractivity contribution is 0.161. The zero-order valence-electron chi connectivity index (χ0n) is 14.4. The highest BCUT2D eigenvalue weighted by Gasteiger charge is 2.27. The van der Waals surface area contributed by atoms with Gasteiger partial charge < -0.3 is 14.8 Å². The molecule has 0 aromatic carbocycles. The van der Waals surface area contributed by atoms with Gasteiger partial charge in [-0.25, -0.2) is 4.79 Å². The van der Waals surface area contributed by atoms with Crippen LogP contribution in [0.1, 0.15) is 64.2 Å². The van der Waals surface area contributed by atoms with Crippen molar-refractivity contribution in [3.05, 3.63) is 12.2 Å². The fourth-order valence-corrected chi connectivity index (χ4v) is 3.85. The minimum atomic E-state index is 0.131. The largest absolute Gasteiger partial charge is 0.335 e. The number of nitrogens with zero attached hydrogens (tertiary/aromatic N) is 4. The Morgan fingerprint density at radius 3 is 2.83 bits per heavy atom. The molecule has 1 saturated heterocycles. The lowest BCUT2D eigenvalue weighted by Gasteiger charge is -2.33. The van der Waals surface area contributed by atoms with Gasteiger partial charge in [0.05, 0.1) is 0 Å². The molecule has 1 aliphatic carbocycles. The molecule has 1 saturated carbocycles.